The number of phenolic OH excluding ortho intramolecular Hbond substituents is 1. The molecule has 0 heterocycles. The zero-order chi connectivity index (χ0) is 11.8. The Balaban J connectivity index is 2.24. The first-order valence-corrected chi connectivity index (χ1v) is 6.58. The van der Waals surface area contributed by atoms with Crippen LogP contribution in [0.15, 0.2) is 23.1 Å². The molecular formula is C10H14N2O3S. The second-order valence-electron chi connectivity index (χ2n) is 3.97. The summed E-state index contributed by atoms with van der Waals surface area (Å²) < 4.78 is 26.3. The SMILES string of the molecule is Nc1cc(S(=O)(=O)NC2CCC2)ccc1O. The quantitative estimate of drug-likeness (QED) is 0.540. The van der Waals surface area contributed by atoms with Crippen molar-refractivity contribution in [1.29, 1.82) is 0 Å². The van der Waals surface area contributed by atoms with Gasteiger partial charge in [-0.2, -0.15) is 0 Å². The number of hydrogen-bond acceptors (Lipinski definition) is 4. The number of nitrogens with one attached hydrogen (secondary N) is 1. The molecule has 0 saturated heterocycles. The molecule has 0 radical (unpaired) electrons. The highest BCUT2D eigenvalue weighted by molar-refractivity contribution is 7.89. The minimum absolute atomic E-state index is 0.0417. The van der Waals surface area contributed by atoms with Crippen molar-refractivity contribution < 1.29 is 13.5 Å². The lowest BCUT2D eigenvalue weighted by molar-refractivity contribution is 0.383. The molecule has 5 nitrogen and oxygen atoms in total. The molecule has 0 unspecified atom stereocenters. The molecule has 0 spiro atoms. The minimum Gasteiger partial charge on any atom is -0.506 e. The number of nitrogen functional groups attached to an aromatic ring is 1. The van der Waals surface area contributed by atoms with Crippen molar-refractivity contribution in [3.8, 4) is 5.75 Å². The Morgan fingerprint density at radius 2 is 2.06 bits per heavy atom. The van der Waals surface area contributed by atoms with Gasteiger partial charge >= 0.3 is 0 Å². The van der Waals surface area contributed by atoms with Crippen molar-refractivity contribution in [2.45, 2.75) is 30.2 Å². The molecule has 0 aromatic heterocycles. The lowest BCUT2D eigenvalue weighted by Crippen LogP contribution is -2.39. The summed E-state index contributed by atoms with van der Waals surface area (Å²) in [5, 5.41) is 9.21. The highest BCUT2D eigenvalue weighted by atomic mass is 32.2. The lowest BCUT2D eigenvalue weighted by Gasteiger charge is -2.26. The maximum absolute atomic E-state index is 11.9. The first kappa shape index (κ1) is 11.2. The summed E-state index contributed by atoms with van der Waals surface area (Å²) >= 11 is 0. The van der Waals surface area contributed by atoms with Crippen LogP contribution in [-0.4, -0.2) is 19.6 Å². The predicted molar refractivity (Wildman–Crippen MR) is 60.5 cm³/mol. The fraction of sp³-hybridized carbons (Fsp3) is 0.400. The van der Waals surface area contributed by atoms with E-state index in [-0.39, 0.29) is 22.4 Å². The molecule has 2 rings (SSSR count). The summed E-state index contributed by atoms with van der Waals surface area (Å²) in [6.07, 6.45) is 2.82. The molecule has 1 aromatic carbocycles. The van der Waals surface area contributed by atoms with Gasteiger partial charge in [0, 0.05) is 6.04 Å². The molecule has 88 valence electrons. The van der Waals surface area contributed by atoms with Crippen LogP contribution in [0.4, 0.5) is 5.69 Å². The molecule has 6 heteroatoms. The Labute approximate surface area is 94.3 Å². The number of sulfonamides is 1. The minimum atomic E-state index is -3.50. The van der Waals surface area contributed by atoms with Crippen LogP contribution >= 0.6 is 0 Å². The van der Waals surface area contributed by atoms with Gasteiger partial charge in [0.15, 0.2) is 0 Å². The summed E-state index contributed by atoms with van der Waals surface area (Å²) in [5.41, 5.74) is 5.52. The summed E-state index contributed by atoms with van der Waals surface area (Å²) in [5.74, 6) is -0.109. The summed E-state index contributed by atoms with van der Waals surface area (Å²) in [6, 6.07) is 3.92. The van der Waals surface area contributed by atoms with E-state index in [1.165, 1.54) is 18.2 Å². The molecule has 1 aliphatic carbocycles. The third kappa shape index (κ3) is 2.12. The zero-order valence-corrected chi connectivity index (χ0v) is 9.50. The van der Waals surface area contributed by atoms with Gasteiger partial charge < -0.3 is 10.8 Å². The number of phenols is 1. The maximum Gasteiger partial charge on any atom is 0.240 e. The van der Waals surface area contributed by atoms with Gasteiger partial charge in [0.25, 0.3) is 0 Å². The third-order valence-corrected chi connectivity index (χ3v) is 4.25. The highest BCUT2D eigenvalue weighted by Crippen LogP contribution is 2.25. The van der Waals surface area contributed by atoms with Gasteiger partial charge in [-0.3, -0.25) is 0 Å². The van der Waals surface area contributed by atoms with Gasteiger partial charge in [0.2, 0.25) is 10.0 Å². The van der Waals surface area contributed by atoms with Crippen molar-refractivity contribution >= 4 is 15.7 Å². The predicted octanol–water partition coefficient (Wildman–Crippen LogP) is 0.805. The van der Waals surface area contributed by atoms with E-state index in [9.17, 15) is 13.5 Å². The molecular weight excluding hydrogens is 228 g/mol. The average Bonchev–Trinajstić information content (AvgIpc) is 2.16. The number of aromatic hydroxyl groups is 1. The van der Waals surface area contributed by atoms with Crippen molar-refractivity contribution in [3.63, 3.8) is 0 Å². The van der Waals surface area contributed by atoms with Gasteiger partial charge in [-0.25, -0.2) is 13.1 Å². The zero-order valence-electron chi connectivity index (χ0n) is 8.68. The normalized spacial score (nSPS) is 17.0. The summed E-state index contributed by atoms with van der Waals surface area (Å²) in [6.45, 7) is 0. The second-order valence-corrected chi connectivity index (χ2v) is 5.68. The van der Waals surface area contributed by atoms with Crippen molar-refractivity contribution in [2.75, 3.05) is 5.73 Å². The second kappa shape index (κ2) is 3.95. The molecule has 1 fully saturated rings. The van der Waals surface area contributed by atoms with E-state index < -0.39 is 10.0 Å². The fourth-order valence-corrected chi connectivity index (χ4v) is 2.85. The van der Waals surface area contributed by atoms with Gasteiger partial charge in [-0.1, -0.05) is 6.42 Å². The van der Waals surface area contributed by atoms with Crippen LogP contribution in [0.5, 0.6) is 5.75 Å². The van der Waals surface area contributed by atoms with Crippen LogP contribution in [0.2, 0.25) is 0 Å². The van der Waals surface area contributed by atoms with Crippen molar-refractivity contribution in [3.05, 3.63) is 18.2 Å². The Hall–Kier alpha value is -1.27. The summed E-state index contributed by atoms with van der Waals surface area (Å²) in [7, 11) is -3.50. The van der Waals surface area contributed by atoms with Crippen LogP contribution in [0.3, 0.4) is 0 Å². The van der Waals surface area contributed by atoms with E-state index >= 15 is 0 Å². The fourth-order valence-electron chi connectivity index (χ4n) is 1.51. The van der Waals surface area contributed by atoms with Crippen molar-refractivity contribution in [2.24, 2.45) is 0 Å². The maximum atomic E-state index is 11.9. The number of anilines is 1. The molecule has 4 N–H and O–H groups in total. The number of rotatable bonds is 3. The van der Waals surface area contributed by atoms with E-state index in [0.717, 1.165) is 19.3 Å². The van der Waals surface area contributed by atoms with Crippen LogP contribution < -0.4 is 10.5 Å². The lowest BCUT2D eigenvalue weighted by atomic mass is 9.94. The first-order chi connectivity index (χ1) is 7.49. The van der Waals surface area contributed by atoms with Crippen LogP contribution in [0.25, 0.3) is 0 Å². The Morgan fingerprint density at radius 1 is 1.38 bits per heavy atom. The molecule has 1 aromatic rings. The van der Waals surface area contributed by atoms with E-state index in [0.29, 0.717) is 0 Å². The Bertz CT molecular complexity index is 495. The van der Waals surface area contributed by atoms with Crippen molar-refractivity contribution in [1.82, 2.24) is 4.72 Å². The average molecular weight is 242 g/mol. The van der Waals surface area contributed by atoms with E-state index in [4.69, 9.17) is 5.73 Å². The third-order valence-electron chi connectivity index (χ3n) is 2.74. The molecule has 16 heavy (non-hydrogen) atoms. The van der Waals surface area contributed by atoms with Gasteiger partial charge in [-0.05, 0) is 31.0 Å². The monoisotopic (exact) mass is 242 g/mol. The van der Waals surface area contributed by atoms with Gasteiger partial charge in [0.05, 0.1) is 10.6 Å². The Kier molecular flexibility index (Phi) is 2.77. The molecule has 0 atom stereocenters. The van der Waals surface area contributed by atoms with E-state index in [1.54, 1.807) is 0 Å². The van der Waals surface area contributed by atoms with Crippen LogP contribution in [0.1, 0.15) is 19.3 Å². The molecule has 0 amide bonds. The standard InChI is InChI=1S/C10H14N2O3S/c11-9-6-8(4-5-10(9)13)16(14,15)12-7-2-1-3-7/h4-7,12-13H,1-3,11H2. The number of benzene rings is 1. The number of hydrogen-bond donors (Lipinski definition) is 3. The van der Waals surface area contributed by atoms with E-state index in [2.05, 4.69) is 4.72 Å². The van der Waals surface area contributed by atoms with Crippen LogP contribution in [0, 0.1) is 0 Å². The molecule has 1 saturated carbocycles. The van der Waals surface area contributed by atoms with Gasteiger partial charge in [-0.15, -0.1) is 0 Å². The highest BCUT2D eigenvalue weighted by Gasteiger charge is 2.24. The molecule has 0 aliphatic heterocycles. The Morgan fingerprint density at radius 3 is 2.56 bits per heavy atom. The molecule has 0 bridgehead atoms. The van der Waals surface area contributed by atoms with E-state index in [1.807, 2.05) is 0 Å². The van der Waals surface area contributed by atoms with Crippen LogP contribution in [-0.2, 0) is 10.0 Å². The van der Waals surface area contributed by atoms with Gasteiger partial charge in [0.1, 0.15) is 5.75 Å². The first-order valence-electron chi connectivity index (χ1n) is 5.10. The summed E-state index contributed by atoms with van der Waals surface area (Å²) in [4.78, 5) is 0.0923. The molecule has 1 aliphatic rings. The smallest absolute Gasteiger partial charge is 0.240 e. The number of nitrogens with two attached hydrogens (primary N) is 1. The largest absolute Gasteiger partial charge is 0.506 e. The topological polar surface area (TPSA) is 92.4 Å².